The molecule has 7 heteroatoms. The van der Waals surface area contributed by atoms with Gasteiger partial charge in [0.05, 0.1) is 0 Å². The van der Waals surface area contributed by atoms with Crippen LogP contribution in [-0.2, 0) is 0 Å². The summed E-state index contributed by atoms with van der Waals surface area (Å²) < 4.78 is 15.2. The summed E-state index contributed by atoms with van der Waals surface area (Å²) in [4.78, 5) is 24.2. The van der Waals surface area contributed by atoms with Crippen molar-refractivity contribution >= 4 is 5.91 Å². The Hall–Kier alpha value is -2.54. The molecule has 1 unspecified atom stereocenters. The van der Waals surface area contributed by atoms with Crippen LogP contribution in [0.4, 0.5) is 4.39 Å². The number of carbonyl (C=O) groups excluding carboxylic acids is 1. The Balaban J connectivity index is 2.43. The Labute approximate surface area is 132 Å². The van der Waals surface area contributed by atoms with Gasteiger partial charge in [-0.25, -0.2) is 9.07 Å². The van der Waals surface area contributed by atoms with Crippen LogP contribution in [0.5, 0.6) is 0 Å². The molecule has 2 rings (SSSR count). The molecule has 0 spiro atoms. The predicted molar refractivity (Wildman–Crippen MR) is 83.2 cm³/mol. The number of benzene rings is 1. The first-order valence-electron chi connectivity index (χ1n) is 7.21. The lowest BCUT2D eigenvalue weighted by molar-refractivity contribution is 0.0926. The second-order valence-corrected chi connectivity index (χ2v) is 5.25. The van der Waals surface area contributed by atoms with Crippen LogP contribution < -0.4 is 10.7 Å². The molecule has 1 aromatic carbocycles. The van der Waals surface area contributed by atoms with E-state index in [0.29, 0.717) is 12.1 Å². The predicted octanol–water partition coefficient (Wildman–Crippen LogP) is 1.18. The first-order valence-corrected chi connectivity index (χ1v) is 7.21. The fourth-order valence-electron chi connectivity index (χ4n) is 2.13. The second-order valence-electron chi connectivity index (χ2n) is 5.25. The molecule has 1 atom stereocenters. The van der Waals surface area contributed by atoms with E-state index in [4.69, 9.17) is 5.11 Å². The molecule has 0 aliphatic carbocycles. The van der Waals surface area contributed by atoms with E-state index in [2.05, 4.69) is 10.4 Å². The van der Waals surface area contributed by atoms with Crippen LogP contribution in [0.15, 0.2) is 35.1 Å². The Morgan fingerprint density at radius 1 is 1.43 bits per heavy atom. The molecule has 23 heavy (non-hydrogen) atoms. The minimum atomic E-state index is -0.652. The van der Waals surface area contributed by atoms with Crippen molar-refractivity contribution in [2.45, 2.75) is 26.3 Å². The summed E-state index contributed by atoms with van der Waals surface area (Å²) in [5.74, 6) is -1.16. The Morgan fingerprint density at radius 3 is 2.78 bits per heavy atom. The fourth-order valence-corrected chi connectivity index (χ4v) is 2.13. The van der Waals surface area contributed by atoms with Gasteiger partial charge in [-0.2, -0.15) is 5.10 Å². The van der Waals surface area contributed by atoms with E-state index in [-0.39, 0.29) is 24.0 Å². The summed E-state index contributed by atoms with van der Waals surface area (Å²) in [6.45, 7) is 3.23. The van der Waals surface area contributed by atoms with Gasteiger partial charge < -0.3 is 10.4 Å². The molecule has 2 N–H and O–H groups in total. The number of carbonyl (C=O) groups is 1. The van der Waals surface area contributed by atoms with Gasteiger partial charge >= 0.3 is 0 Å². The lowest BCUT2D eigenvalue weighted by Gasteiger charge is -2.14. The number of aryl methyl sites for hydroxylation is 1. The van der Waals surface area contributed by atoms with E-state index in [1.54, 1.807) is 26.0 Å². The molecule has 0 aliphatic rings. The molecule has 122 valence electrons. The second kappa shape index (κ2) is 7.15. The zero-order chi connectivity index (χ0) is 17.0. The highest BCUT2D eigenvalue weighted by Crippen LogP contribution is 2.13. The number of para-hydroxylation sites is 1. The molecule has 6 nitrogen and oxygen atoms in total. The number of aromatic nitrogens is 2. The maximum absolute atomic E-state index is 13.9. The van der Waals surface area contributed by atoms with Crippen molar-refractivity contribution in [1.82, 2.24) is 15.1 Å². The van der Waals surface area contributed by atoms with Crippen molar-refractivity contribution in [3.8, 4) is 5.69 Å². The van der Waals surface area contributed by atoms with Crippen LogP contribution in [0, 0.1) is 12.7 Å². The molecular formula is C16H18FN3O3. The van der Waals surface area contributed by atoms with Gasteiger partial charge in [0.2, 0.25) is 5.43 Å². The number of aliphatic hydroxyl groups excluding tert-OH is 1. The Kier molecular flexibility index (Phi) is 5.23. The average Bonchev–Trinajstić information content (AvgIpc) is 2.48. The maximum Gasteiger partial charge on any atom is 0.276 e. The minimum absolute atomic E-state index is 0.0811. The zero-order valence-corrected chi connectivity index (χ0v) is 12.9. The number of amides is 1. The monoisotopic (exact) mass is 319 g/mol. The van der Waals surface area contributed by atoms with E-state index in [9.17, 15) is 14.0 Å². The number of nitrogens with zero attached hydrogens (tertiary/aromatic N) is 2. The maximum atomic E-state index is 13.9. The lowest BCUT2D eigenvalue weighted by atomic mass is 10.2. The number of hydrogen-bond acceptors (Lipinski definition) is 4. The summed E-state index contributed by atoms with van der Waals surface area (Å²) >= 11 is 0. The van der Waals surface area contributed by atoms with Gasteiger partial charge in [0.25, 0.3) is 5.91 Å². The van der Waals surface area contributed by atoms with Gasteiger partial charge in [0.15, 0.2) is 5.69 Å². The summed E-state index contributed by atoms with van der Waals surface area (Å²) in [5.41, 5.74) is -0.282. The summed E-state index contributed by atoms with van der Waals surface area (Å²) in [5, 5.41) is 15.4. The third-order valence-electron chi connectivity index (χ3n) is 3.34. The van der Waals surface area contributed by atoms with Crippen LogP contribution >= 0.6 is 0 Å². The topological polar surface area (TPSA) is 84.2 Å². The van der Waals surface area contributed by atoms with E-state index in [0.717, 1.165) is 0 Å². The molecule has 1 amide bonds. The number of rotatable bonds is 5. The van der Waals surface area contributed by atoms with E-state index >= 15 is 0 Å². The summed E-state index contributed by atoms with van der Waals surface area (Å²) in [7, 11) is 0. The van der Waals surface area contributed by atoms with Crippen molar-refractivity contribution in [2.75, 3.05) is 6.61 Å². The summed E-state index contributed by atoms with van der Waals surface area (Å²) in [6, 6.07) is 6.90. The fraction of sp³-hybridized carbons (Fsp3) is 0.312. The van der Waals surface area contributed by atoms with Crippen LogP contribution in [0.2, 0.25) is 0 Å². The zero-order valence-electron chi connectivity index (χ0n) is 12.9. The third kappa shape index (κ3) is 3.81. The van der Waals surface area contributed by atoms with Crippen molar-refractivity contribution in [3.05, 3.63) is 57.8 Å². The molecule has 1 heterocycles. The van der Waals surface area contributed by atoms with Gasteiger partial charge in [-0.15, -0.1) is 0 Å². The lowest BCUT2D eigenvalue weighted by Crippen LogP contribution is -2.37. The molecule has 0 fully saturated rings. The van der Waals surface area contributed by atoms with Crippen LogP contribution in [-0.4, -0.2) is 33.4 Å². The van der Waals surface area contributed by atoms with Crippen molar-refractivity contribution < 1.29 is 14.3 Å². The number of hydrogen-bond donors (Lipinski definition) is 2. The van der Waals surface area contributed by atoms with E-state index in [1.807, 2.05) is 0 Å². The van der Waals surface area contributed by atoms with E-state index in [1.165, 1.54) is 22.9 Å². The Bertz CT molecular complexity index is 773. The number of aliphatic hydroxyl groups is 1. The molecule has 0 saturated carbocycles. The first-order chi connectivity index (χ1) is 10.9. The largest absolute Gasteiger partial charge is 0.396 e. The van der Waals surface area contributed by atoms with E-state index < -0.39 is 17.2 Å². The van der Waals surface area contributed by atoms with Gasteiger partial charge in [-0.3, -0.25) is 9.59 Å². The summed E-state index contributed by atoms with van der Waals surface area (Å²) in [6.07, 6.45) is 0.360. The smallest absolute Gasteiger partial charge is 0.276 e. The highest BCUT2D eigenvalue weighted by atomic mass is 19.1. The van der Waals surface area contributed by atoms with Gasteiger partial charge in [-0.1, -0.05) is 12.1 Å². The highest BCUT2D eigenvalue weighted by Gasteiger charge is 2.18. The van der Waals surface area contributed by atoms with Crippen molar-refractivity contribution in [2.24, 2.45) is 0 Å². The number of nitrogens with one attached hydrogen (secondary N) is 1. The normalized spacial score (nSPS) is 12.0. The van der Waals surface area contributed by atoms with Crippen LogP contribution in [0.25, 0.3) is 5.69 Å². The SMILES string of the molecule is Cc1cc(=O)c(C(=O)NC(C)CCO)nn1-c1ccccc1F. The molecule has 0 bridgehead atoms. The van der Waals surface area contributed by atoms with Crippen LogP contribution in [0.1, 0.15) is 29.5 Å². The Morgan fingerprint density at radius 2 is 2.13 bits per heavy atom. The third-order valence-corrected chi connectivity index (χ3v) is 3.34. The van der Waals surface area contributed by atoms with Crippen molar-refractivity contribution in [3.63, 3.8) is 0 Å². The number of halogens is 1. The van der Waals surface area contributed by atoms with Gasteiger partial charge in [-0.05, 0) is 32.4 Å². The molecule has 1 aromatic heterocycles. The molecular weight excluding hydrogens is 301 g/mol. The van der Waals surface area contributed by atoms with Gasteiger partial charge in [0, 0.05) is 24.4 Å². The van der Waals surface area contributed by atoms with Crippen molar-refractivity contribution in [1.29, 1.82) is 0 Å². The minimum Gasteiger partial charge on any atom is -0.396 e. The quantitative estimate of drug-likeness (QED) is 0.867. The van der Waals surface area contributed by atoms with Gasteiger partial charge in [0.1, 0.15) is 11.5 Å². The first kappa shape index (κ1) is 16.8. The van der Waals surface area contributed by atoms with Crippen LogP contribution in [0.3, 0.4) is 0 Å². The molecule has 0 saturated heterocycles. The average molecular weight is 319 g/mol. The standard InChI is InChI=1S/C16H18FN3O3/c1-10(7-8-21)18-16(23)15-14(22)9-11(2)20(19-15)13-6-4-3-5-12(13)17/h3-6,9-10,21H,7-8H2,1-2H3,(H,18,23). The molecule has 2 aromatic rings. The highest BCUT2D eigenvalue weighted by molar-refractivity contribution is 5.92. The molecule has 0 aliphatic heterocycles. The molecule has 0 radical (unpaired) electrons.